The van der Waals surface area contributed by atoms with E-state index in [1.165, 1.54) is 16.9 Å². The normalized spacial score (nSPS) is 11.2. The summed E-state index contributed by atoms with van der Waals surface area (Å²) in [5, 5.41) is 10.6. The Hall–Kier alpha value is -1.95. The number of ether oxygens (including phenoxy) is 1. The van der Waals surface area contributed by atoms with Crippen molar-refractivity contribution in [2.24, 2.45) is 0 Å². The molecule has 2 aromatic rings. The van der Waals surface area contributed by atoms with Crippen LogP contribution in [-0.2, 0) is 10.2 Å². The zero-order chi connectivity index (χ0) is 15.3. The maximum absolute atomic E-state index is 11.6. The number of nitrogens with zero attached hydrogens (tertiary/aromatic N) is 2. The molecule has 112 valence electrons. The van der Waals surface area contributed by atoms with E-state index in [2.05, 4.69) is 48.4 Å². The Balaban J connectivity index is 1.77. The Morgan fingerprint density at radius 1 is 1.29 bits per heavy atom. The Labute approximate surface area is 128 Å². The number of hydrogen-bond donors (Lipinski definition) is 1. The van der Waals surface area contributed by atoms with Crippen molar-refractivity contribution in [2.45, 2.75) is 32.6 Å². The molecule has 0 saturated heterocycles. The highest BCUT2D eigenvalue weighted by atomic mass is 32.1. The maximum atomic E-state index is 11.6. The molecule has 1 aromatic carbocycles. The van der Waals surface area contributed by atoms with Gasteiger partial charge in [-0.1, -0.05) is 44.2 Å². The lowest BCUT2D eigenvalue weighted by molar-refractivity contribution is -0.116. The topological polar surface area (TPSA) is 64.1 Å². The van der Waals surface area contributed by atoms with Gasteiger partial charge in [-0.3, -0.25) is 4.79 Å². The molecule has 5 nitrogen and oxygen atoms in total. The van der Waals surface area contributed by atoms with Gasteiger partial charge in [-0.2, -0.15) is 0 Å². The van der Waals surface area contributed by atoms with Crippen LogP contribution in [0.5, 0.6) is 5.75 Å². The van der Waals surface area contributed by atoms with E-state index < -0.39 is 0 Å². The van der Waals surface area contributed by atoms with Crippen LogP contribution in [0.4, 0.5) is 5.13 Å². The molecule has 0 unspecified atom stereocenters. The van der Waals surface area contributed by atoms with E-state index in [4.69, 9.17) is 4.74 Å². The van der Waals surface area contributed by atoms with Crippen molar-refractivity contribution >= 4 is 22.4 Å². The van der Waals surface area contributed by atoms with Crippen molar-refractivity contribution in [1.29, 1.82) is 0 Å². The Kier molecular flexibility index (Phi) is 4.90. The first-order valence-corrected chi connectivity index (χ1v) is 7.62. The van der Waals surface area contributed by atoms with E-state index in [9.17, 15) is 4.79 Å². The fraction of sp³-hybridized carbons (Fsp3) is 0.400. The lowest BCUT2D eigenvalue weighted by Gasteiger charge is -2.19. The van der Waals surface area contributed by atoms with Gasteiger partial charge in [0.25, 0.3) is 0 Å². The molecule has 0 saturated carbocycles. The van der Waals surface area contributed by atoms with Crippen LogP contribution in [-0.4, -0.2) is 22.7 Å². The van der Waals surface area contributed by atoms with E-state index in [-0.39, 0.29) is 17.7 Å². The molecule has 0 spiro atoms. The van der Waals surface area contributed by atoms with Gasteiger partial charge < -0.3 is 10.1 Å². The van der Waals surface area contributed by atoms with E-state index in [0.29, 0.717) is 11.7 Å². The Morgan fingerprint density at radius 2 is 2.00 bits per heavy atom. The minimum Gasteiger partial charge on any atom is -0.493 e. The Bertz CT molecular complexity index is 574. The molecule has 2 rings (SSSR count). The van der Waals surface area contributed by atoms with Gasteiger partial charge in [-0.05, 0) is 23.1 Å². The largest absolute Gasteiger partial charge is 0.493 e. The van der Waals surface area contributed by atoms with E-state index >= 15 is 0 Å². The molecule has 6 heteroatoms. The summed E-state index contributed by atoms with van der Waals surface area (Å²) in [6.07, 6.45) is 0.278. The smallest absolute Gasteiger partial charge is 0.229 e. The van der Waals surface area contributed by atoms with Gasteiger partial charge in [-0.25, -0.2) is 0 Å². The van der Waals surface area contributed by atoms with Crippen LogP contribution in [0.1, 0.15) is 32.8 Å². The van der Waals surface area contributed by atoms with Gasteiger partial charge >= 0.3 is 0 Å². The Morgan fingerprint density at radius 3 is 2.57 bits per heavy atom. The van der Waals surface area contributed by atoms with Gasteiger partial charge in [-0.15, -0.1) is 10.2 Å². The number of hydrogen-bond acceptors (Lipinski definition) is 5. The van der Waals surface area contributed by atoms with E-state index in [0.717, 1.165) is 5.75 Å². The van der Waals surface area contributed by atoms with Gasteiger partial charge in [0, 0.05) is 0 Å². The predicted octanol–water partition coefficient (Wildman–Crippen LogP) is 3.24. The number of aromatic nitrogens is 2. The van der Waals surface area contributed by atoms with Crippen molar-refractivity contribution in [3.63, 3.8) is 0 Å². The molecule has 0 bridgehead atoms. The van der Waals surface area contributed by atoms with Crippen molar-refractivity contribution in [1.82, 2.24) is 10.2 Å². The van der Waals surface area contributed by atoms with Crippen molar-refractivity contribution in [3.05, 3.63) is 35.3 Å². The van der Waals surface area contributed by atoms with E-state index in [1.807, 2.05) is 12.1 Å². The third-order valence-electron chi connectivity index (χ3n) is 2.92. The SMILES string of the molecule is CC(C)(C)c1ccc(OCCC(=O)Nc2nncs2)cc1. The zero-order valence-corrected chi connectivity index (χ0v) is 13.2. The van der Waals surface area contributed by atoms with Crippen LogP contribution in [0.2, 0.25) is 0 Å². The number of nitrogens with one attached hydrogen (secondary N) is 1. The van der Waals surface area contributed by atoms with Crippen LogP contribution in [0.3, 0.4) is 0 Å². The van der Waals surface area contributed by atoms with Gasteiger partial charge in [0.1, 0.15) is 11.3 Å². The van der Waals surface area contributed by atoms with Crippen molar-refractivity contribution < 1.29 is 9.53 Å². The minimum absolute atomic E-state index is 0.125. The molecule has 0 aliphatic heterocycles. The second-order valence-corrected chi connectivity index (χ2v) is 6.50. The molecule has 0 aliphatic rings. The number of anilines is 1. The van der Waals surface area contributed by atoms with Crippen LogP contribution >= 0.6 is 11.3 Å². The monoisotopic (exact) mass is 305 g/mol. The predicted molar refractivity (Wildman–Crippen MR) is 83.8 cm³/mol. The fourth-order valence-electron chi connectivity index (χ4n) is 1.72. The third-order valence-corrected chi connectivity index (χ3v) is 3.53. The van der Waals surface area contributed by atoms with Gasteiger partial charge in [0.05, 0.1) is 13.0 Å². The fourth-order valence-corrected chi connectivity index (χ4v) is 2.18. The van der Waals surface area contributed by atoms with Crippen LogP contribution < -0.4 is 10.1 Å². The molecule has 21 heavy (non-hydrogen) atoms. The summed E-state index contributed by atoms with van der Waals surface area (Å²) < 4.78 is 5.57. The standard InChI is InChI=1S/C15H19N3O2S/c1-15(2,3)11-4-6-12(7-5-11)20-9-8-13(19)17-14-18-16-10-21-14/h4-7,10H,8-9H2,1-3H3,(H,17,18,19). The highest BCUT2D eigenvalue weighted by Crippen LogP contribution is 2.24. The summed E-state index contributed by atoms with van der Waals surface area (Å²) >= 11 is 1.29. The van der Waals surface area contributed by atoms with Crippen LogP contribution in [0, 0.1) is 0 Å². The average Bonchev–Trinajstić information content (AvgIpc) is 2.91. The summed E-state index contributed by atoms with van der Waals surface area (Å²) in [4.78, 5) is 11.6. The highest BCUT2D eigenvalue weighted by molar-refractivity contribution is 7.13. The summed E-state index contributed by atoms with van der Waals surface area (Å²) in [7, 11) is 0. The molecule has 1 heterocycles. The van der Waals surface area contributed by atoms with Crippen LogP contribution in [0.25, 0.3) is 0 Å². The second kappa shape index (κ2) is 6.67. The maximum Gasteiger partial charge on any atom is 0.229 e. The summed E-state index contributed by atoms with van der Waals surface area (Å²) in [6, 6.07) is 7.97. The number of carbonyl (C=O) groups excluding carboxylic acids is 1. The third kappa shape index (κ3) is 4.82. The molecular weight excluding hydrogens is 286 g/mol. The first-order valence-electron chi connectivity index (χ1n) is 6.74. The molecule has 0 atom stereocenters. The molecule has 1 aromatic heterocycles. The molecule has 1 N–H and O–H groups in total. The van der Waals surface area contributed by atoms with Crippen molar-refractivity contribution in [3.8, 4) is 5.75 Å². The summed E-state index contributed by atoms with van der Waals surface area (Å²) in [6.45, 7) is 6.83. The molecule has 0 aliphatic carbocycles. The molecule has 0 radical (unpaired) electrons. The zero-order valence-electron chi connectivity index (χ0n) is 12.4. The lowest BCUT2D eigenvalue weighted by Crippen LogP contribution is -2.15. The van der Waals surface area contributed by atoms with E-state index in [1.54, 1.807) is 5.51 Å². The summed E-state index contributed by atoms with van der Waals surface area (Å²) in [5.74, 6) is 0.643. The first kappa shape index (κ1) is 15.4. The average molecular weight is 305 g/mol. The van der Waals surface area contributed by atoms with Crippen LogP contribution in [0.15, 0.2) is 29.8 Å². The number of carbonyl (C=O) groups is 1. The number of rotatable bonds is 5. The molecule has 0 fully saturated rings. The number of amides is 1. The molecule has 1 amide bonds. The lowest BCUT2D eigenvalue weighted by atomic mass is 9.87. The highest BCUT2D eigenvalue weighted by Gasteiger charge is 2.13. The first-order chi connectivity index (χ1) is 9.95. The van der Waals surface area contributed by atoms with Crippen molar-refractivity contribution in [2.75, 3.05) is 11.9 Å². The van der Waals surface area contributed by atoms with Gasteiger partial charge in [0.15, 0.2) is 0 Å². The minimum atomic E-state index is -0.127. The number of benzene rings is 1. The summed E-state index contributed by atoms with van der Waals surface area (Å²) in [5.41, 5.74) is 2.95. The second-order valence-electron chi connectivity index (χ2n) is 5.66. The quantitative estimate of drug-likeness (QED) is 0.921. The van der Waals surface area contributed by atoms with Gasteiger partial charge in [0.2, 0.25) is 11.0 Å². The molecular formula is C15H19N3O2S.